The van der Waals surface area contributed by atoms with Crippen molar-refractivity contribution in [3.05, 3.63) is 46.2 Å². The SMILES string of the molecule is COC(c1ccc(Cl)cc1)C1CCN(S(=O)(=O)c2c(C)nn(C)c2C)CC1. The zero-order chi connectivity index (χ0) is 19.8. The number of sulfonamides is 1. The Bertz CT molecular complexity index is 901. The van der Waals surface area contributed by atoms with Gasteiger partial charge in [-0.15, -0.1) is 0 Å². The van der Waals surface area contributed by atoms with Crippen LogP contribution in [0.3, 0.4) is 0 Å². The van der Waals surface area contributed by atoms with Gasteiger partial charge in [0.05, 0.1) is 17.5 Å². The number of halogens is 1. The lowest BCUT2D eigenvalue weighted by Gasteiger charge is -2.35. The first-order valence-electron chi connectivity index (χ1n) is 9.04. The van der Waals surface area contributed by atoms with Crippen LogP contribution in [-0.4, -0.2) is 42.7 Å². The summed E-state index contributed by atoms with van der Waals surface area (Å²) in [5.41, 5.74) is 2.29. The lowest BCUT2D eigenvalue weighted by molar-refractivity contribution is 0.0303. The quantitative estimate of drug-likeness (QED) is 0.755. The molecule has 8 heteroatoms. The molecule has 6 nitrogen and oxygen atoms in total. The van der Waals surface area contributed by atoms with Crippen molar-refractivity contribution in [3.63, 3.8) is 0 Å². The molecule has 1 aliphatic rings. The third-order valence-electron chi connectivity index (χ3n) is 5.42. The van der Waals surface area contributed by atoms with Crippen molar-refractivity contribution in [1.29, 1.82) is 0 Å². The average molecular weight is 412 g/mol. The first-order chi connectivity index (χ1) is 12.8. The summed E-state index contributed by atoms with van der Waals surface area (Å²) in [6, 6.07) is 7.66. The number of nitrogens with zero attached hydrogens (tertiary/aromatic N) is 3. The number of aryl methyl sites for hydroxylation is 2. The molecule has 1 unspecified atom stereocenters. The van der Waals surface area contributed by atoms with E-state index < -0.39 is 10.0 Å². The second kappa shape index (κ2) is 7.91. The van der Waals surface area contributed by atoms with Crippen molar-refractivity contribution < 1.29 is 13.2 Å². The molecule has 1 aromatic heterocycles. The Hall–Kier alpha value is -1.41. The fourth-order valence-electron chi connectivity index (χ4n) is 3.93. The van der Waals surface area contributed by atoms with Crippen molar-refractivity contribution in [1.82, 2.24) is 14.1 Å². The van der Waals surface area contributed by atoms with E-state index in [1.807, 2.05) is 24.3 Å². The maximum Gasteiger partial charge on any atom is 0.246 e. The molecular weight excluding hydrogens is 386 g/mol. The van der Waals surface area contributed by atoms with E-state index in [2.05, 4.69) is 5.10 Å². The van der Waals surface area contributed by atoms with E-state index >= 15 is 0 Å². The van der Waals surface area contributed by atoms with Crippen molar-refractivity contribution in [2.75, 3.05) is 20.2 Å². The van der Waals surface area contributed by atoms with Gasteiger partial charge in [-0.25, -0.2) is 8.42 Å². The van der Waals surface area contributed by atoms with Gasteiger partial charge in [0.2, 0.25) is 10.0 Å². The highest BCUT2D eigenvalue weighted by Crippen LogP contribution is 2.35. The Morgan fingerprint density at radius 2 is 1.78 bits per heavy atom. The molecule has 2 heterocycles. The molecule has 0 spiro atoms. The maximum absolute atomic E-state index is 13.1. The summed E-state index contributed by atoms with van der Waals surface area (Å²) in [6.45, 7) is 4.50. The molecule has 0 aliphatic carbocycles. The largest absolute Gasteiger partial charge is 0.376 e. The van der Waals surface area contributed by atoms with E-state index in [1.165, 1.54) is 0 Å². The van der Waals surface area contributed by atoms with E-state index in [-0.39, 0.29) is 12.0 Å². The molecule has 2 aromatic rings. The molecule has 0 saturated carbocycles. The molecule has 0 amide bonds. The summed E-state index contributed by atoms with van der Waals surface area (Å²) >= 11 is 5.98. The number of benzene rings is 1. The number of rotatable bonds is 5. The van der Waals surface area contributed by atoms with Crippen molar-refractivity contribution in [3.8, 4) is 0 Å². The van der Waals surface area contributed by atoms with E-state index in [4.69, 9.17) is 16.3 Å². The molecule has 1 saturated heterocycles. The smallest absolute Gasteiger partial charge is 0.246 e. The first-order valence-corrected chi connectivity index (χ1v) is 10.9. The number of aromatic nitrogens is 2. The average Bonchev–Trinajstić information content (AvgIpc) is 2.90. The van der Waals surface area contributed by atoms with Crippen molar-refractivity contribution in [2.45, 2.75) is 37.7 Å². The summed E-state index contributed by atoms with van der Waals surface area (Å²) < 4.78 is 35.2. The minimum Gasteiger partial charge on any atom is -0.376 e. The van der Waals surface area contributed by atoms with E-state index in [1.54, 1.807) is 37.0 Å². The standard InChI is InChI=1S/C19H26ClN3O3S/c1-13-19(14(2)22(3)21-13)27(24,25)23-11-9-16(10-12-23)18(26-4)15-5-7-17(20)8-6-15/h5-8,16,18H,9-12H2,1-4H3. The summed E-state index contributed by atoms with van der Waals surface area (Å²) in [4.78, 5) is 0.337. The normalized spacial score (nSPS) is 18.0. The molecular formula is C19H26ClN3O3S. The lowest BCUT2D eigenvalue weighted by atomic mass is 9.88. The monoisotopic (exact) mass is 411 g/mol. The van der Waals surface area contributed by atoms with Crippen LogP contribution in [0.25, 0.3) is 0 Å². The van der Waals surface area contributed by atoms with E-state index in [0.29, 0.717) is 34.4 Å². The minimum atomic E-state index is -3.54. The van der Waals surface area contributed by atoms with Crippen molar-refractivity contribution in [2.24, 2.45) is 13.0 Å². The molecule has 0 bridgehead atoms. The molecule has 1 fully saturated rings. The number of hydrogen-bond donors (Lipinski definition) is 0. The van der Waals surface area contributed by atoms with Crippen LogP contribution in [-0.2, 0) is 21.8 Å². The fourth-order valence-corrected chi connectivity index (χ4v) is 5.92. The Morgan fingerprint density at radius 3 is 2.26 bits per heavy atom. The Balaban J connectivity index is 1.75. The number of piperidine rings is 1. The molecule has 1 aliphatic heterocycles. The van der Waals surface area contributed by atoms with Gasteiger partial charge in [0, 0.05) is 32.3 Å². The van der Waals surface area contributed by atoms with Gasteiger partial charge in [-0.3, -0.25) is 4.68 Å². The third-order valence-corrected chi connectivity index (χ3v) is 7.82. The van der Waals surface area contributed by atoms with Crippen LogP contribution < -0.4 is 0 Å². The van der Waals surface area contributed by atoms with Gasteiger partial charge in [-0.2, -0.15) is 9.40 Å². The summed E-state index contributed by atoms with van der Waals surface area (Å²) in [6.07, 6.45) is 1.44. The van der Waals surface area contributed by atoms with Crippen LogP contribution in [0.2, 0.25) is 5.02 Å². The van der Waals surface area contributed by atoms with Crippen LogP contribution in [0.1, 0.15) is 35.9 Å². The minimum absolute atomic E-state index is 0.0611. The number of ether oxygens (including phenoxy) is 1. The summed E-state index contributed by atoms with van der Waals surface area (Å²) in [5.74, 6) is 0.263. The van der Waals surface area contributed by atoms with E-state index in [9.17, 15) is 8.42 Å². The molecule has 0 N–H and O–H groups in total. The predicted octanol–water partition coefficient (Wildman–Crippen LogP) is 3.48. The van der Waals surface area contributed by atoms with E-state index in [0.717, 1.165) is 18.4 Å². The number of methoxy groups -OCH3 is 1. The fraction of sp³-hybridized carbons (Fsp3) is 0.526. The summed E-state index contributed by atoms with van der Waals surface area (Å²) in [7, 11) is -0.0710. The number of hydrogen-bond acceptors (Lipinski definition) is 4. The molecule has 148 valence electrons. The Morgan fingerprint density at radius 1 is 1.19 bits per heavy atom. The zero-order valence-electron chi connectivity index (χ0n) is 16.1. The van der Waals surface area contributed by atoms with Crippen LogP contribution >= 0.6 is 11.6 Å². The van der Waals surface area contributed by atoms with Gasteiger partial charge in [0.25, 0.3) is 0 Å². The summed E-state index contributed by atoms with van der Waals surface area (Å²) in [5, 5.41) is 4.95. The molecule has 27 heavy (non-hydrogen) atoms. The molecule has 0 radical (unpaired) electrons. The van der Waals surface area contributed by atoms with Gasteiger partial charge in [-0.05, 0) is 50.3 Å². The highest BCUT2D eigenvalue weighted by molar-refractivity contribution is 7.89. The second-order valence-electron chi connectivity index (χ2n) is 7.07. The highest BCUT2D eigenvalue weighted by atomic mass is 35.5. The topological polar surface area (TPSA) is 64.4 Å². The van der Waals surface area contributed by atoms with Gasteiger partial charge in [0.15, 0.2) is 0 Å². The van der Waals surface area contributed by atoms with Crippen LogP contribution in [0, 0.1) is 19.8 Å². The zero-order valence-corrected chi connectivity index (χ0v) is 17.7. The van der Waals surface area contributed by atoms with Crippen molar-refractivity contribution >= 4 is 21.6 Å². The van der Waals surface area contributed by atoms with Gasteiger partial charge >= 0.3 is 0 Å². The van der Waals surface area contributed by atoms with Gasteiger partial charge in [0.1, 0.15) is 4.90 Å². The maximum atomic E-state index is 13.1. The molecule has 3 rings (SSSR count). The molecule has 1 atom stereocenters. The predicted molar refractivity (Wildman–Crippen MR) is 105 cm³/mol. The Labute approximate surface area is 166 Å². The second-order valence-corrected chi connectivity index (χ2v) is 9.38. The first kappa shape index (κ1) is 20.3. The van der Waals surface area contributed by atoms with Crippen LogP contribution in [0.4, 0.5) is 0 Å². The van der Waals surface area contributed by atoms with Gasteiger partial charge in [-0.1, -0.05) is 23.7 Å². The third kappa shape index (κ3) is 3.92. The molecule has 1 aromatic carbocycles. The Kier molecular flexibility index (Phi) is 5.96. The van der Waals surface area contributed by atoms with Gasteiger partial charge < -0.3 is 4.74 Å². The van der Waals surface area contributed by atoms with Crippen LogP contribution in [0.5, 0.6) is 0 Å². The van der Waals surface area contributed by atoms with Crippen LogP contribution in [0.15, 0.2) is 29.2 Å². The lowest BCUT2D eigenvalue weighted by Crippen LogP contribution is -2.40. The highest BCUT2D eigenvalue weighted by Gasteiger charge is 2.35.